The highest BCUT2D eigenvalue weighted by Crippen LogP contribution is 2.41. The van der Waals surface area contributed by atoms with Gasteiger partial charge >= 0.3 is 5.97 Å². The van der Waals surface area contributed by atoms with E-state index in [0.29, 0.717) is 18.4 Å². The van der Waals surface area contributed by atoms with Crippen molar-refractivity contribution >= 4 is 5.97 Å². The molecule has 2 N–H and O–H groups in total. The van der Waals surface area contributed by atoms with Crippen LogP contribution in [0.25, 0.3) is 0 Å². The van der Waals surface area contributed by atoms with Crippen molar-refractivity contribution in [2.45, 2.75) is 44.2 Å². The molecule has 0 saturated heterocycles. The maximum atomic E-state index is 11.2. The molecule has 3 nitrogen and oxygen atoms in total. The second-order valence-electron chi connectivity index (χ2n) is 5.51. The summed E-state index contributed by atoms with van der Waals surface area (Å²) in [6, 6.07) is 8.05. The third-order valence-electron chi connectivity index (χ3n) is 3.94. The first-order chi connectivity index (χ1) is 8.75. The molecule has 0 bridgehead atoms. The second kappa shape index (κ2) is 4.73. The summed E-state index contributed by atoms with van der Waals surface area (Å²) in [7, 11) is 0. The van der Waals surface area contributed by atoms with Gasteiger partial charge in [0.1, 0.15) is 6.04 Å². The minimum atomic E-state index is -0.707. The summed E-state index contributed by atoms with van der Waals surface area (Å²) in [6.45, 7) is 0.681. The van der Waals surface area contributed by atoms with E-state index in [9.17, 15) is 9.90 Å². The molecule has 1 unspecified atom stereocenters. The van der Waals surface area contributed by atoms with Crippen LogP contribution in [0, 0.1) is 5.92 Å². The highest BCUT2D eigenvalue weighted by molar-refractivity contribution is 5.74. The van der Waals surface area contributed by atoms with Crippen molar-refractivity contribution in [2.24, 2.45) is 5.92 Å². The van der Waals surface area contributed by atoms with Crippen molar-refractivity contribution in [2.75, 3.05) is 0 Å². The summed E-state index contributed by atoms with van der Waals surface area (Å²) in [4.78, 5) is 11.2. The fourth-order valence-electron chi connectivity index (χ4n) is 2.59. The van der Waals surface area contributed by atoms with Crippen molar-refractivity contribution in [3.8, 4) is 0 Å². The molecule has 1 atom stereocenters. The Morgan fingerprint density at radius 2 is 2.00 bits per heavy atom. The molecular formula is C15H19NO2. The standard InChI is InChI=1S/C15H19NO2/c17-15(18)14(11-7-8-11)16-9-12-3-1-2-4-13(12)10-5-6-10/h1-4,10-11,14,16H,5-9H2,(H,17,18). The van der Waals surface area contributed by atoms with E-state index in [2.05, 4.69) is 23.5 Å². The second-order valence-corrected chi connectivity index (χ2v) is 5.51. The Balaban J connectivity index is 1.66. The van der Waals surface area contributed by atoms with Crippen molar-refractivity contribution in [1.82, 2.24) is 5.32 Å². The van der Waals surface area contributed by atoms with E-state index in [4.69, 9.17) is 0 Å². The molecule has 1 aromatic rings. The summed E-state index contributed by atoms with van der Waals surface area (Å²) in [5.74, 6) is 0.351. The van der Waals surface area contributed by atoms with Gasteiger partial charge in [0.2, 0.25) is 0 Å². The van der Waals surface area contributed by atoms with Gasteiger partial charge in [-0.15, -0.1) is 0 Å². The number of rotatable bonds is 6. The van der Waals surface area contributed by atoms with Gasteiger partial charge in [0, 0.05) is 6.54 Å². The average Bonchev–Trinajstić information content (AvgIpc) is 3.23. The lowest BCUT2D eigenvalue weighted by molar-refractivity contribution is -0.140. The zero-order valence-electron chi connectivity index (χ0n) is 10.4. The lowest BCUT2D eigenvalue weighted by Crippen LogP contribution is -2.38. The zero-order valence-corrected chi connectivity index (χ0v) is 10.4. The van der Waals surface area contributed by atoms with Gasteiger partial charge < -0.3 is 10.4 Å². The molecule has 0 heterocycles. The Morgan fingerprint density at radius 1 is 1.28 bits per heavy atom. The van der Waals surface area contributed by atoms with Gasteiger partial charge in [0.05, 0.1) is 0 Å². The Morgan fingerprint density at radius 3 is 2.61 bits per heavy atom. The Bertz CT molecular complexity index is 450. The van der Waals surface area contributed by atoms with Crippen LogP contribution in [0.2, 0.25) is 0 Å². The van der Waals surface area contributed by atoms with Crippen LogP contribution in [0.4, 0.5) is 0 Å². The highest BCUT2D eigenvalue weighted by atomic mass is 16.4. The number of aliphatic carboxylic acids is 1. The molecule has 0 spiro atoms. The van der Waals surface area contributed by atoms with Crippen molar-refractivity contribution in [3.05, 3.63) is 35.4 Å². The maximum Gasteiger partial charge on any atom is 0.320 e. The Hall–Kier alpha value is -1.35. The minimum absolute atomic E-state index is 0.343. The molecule has 3 heteroatoms. The van der Waals surface area contributed by atoms with Crippen LogP contribution in [0.5, 0.6) is 0 Å². The zero-order chi connectivity index (χ0) is 12.5. The molecule has 3 rings (SSSR count). The maximum absolute atomic E-state index is 11.2. The van der Waals surface area contributed by atoms with E-state index in [1.54, 1.807) is 0 Å². The Labute approximate surface area is 107 Å². The molecule has 2 aliphatic carbocycles. The van der Waals surface area contributed by atoms with Crippen LogP contribution in [0.3, 0.4) is 0 Å². The van der Waals surface area contributed by atoms with E-state index in [1.165, 1.54) is 24.0 Å². The van der Waals surface area contributed by atoms with Crippen LogP contribution >= 0.6 is 0 Å². The number of hydrogen-bond acceptors (Lipinski definition) is 2. The third kappa shape index (κ3) is 2.56. The third-order valence-corrected chi connectivity index (χ3v) is 3.94. The monoisotopic (exact) mass is 245 g/mol. The number of hydrogen-bond donors (Lipinski definition) is 2. The molecule has 96 valence electrons. The number of carboxylic acids is 1. The molecule has 0 radical (unpaired) electrons. The molecular weight excluding hydrogens is 226 g/mol. The number of carboxylic acid groups (broad SMARTS) is 1. The van der Waals surface area contributed by atoms with E-state index in [0.717, 1.165) is 12.8 Å². The smallest absolute Gasteiger partial charge is 0.320 e. The van der Waals surface area contributed by atoms with Gasteiger partial charge in [-0.05, 0) is 48.6 Å². The number of nitrogens with one attached hydrogen (secondary N) is 1. The molecule has 0 aromatic heterocycles. The van der Waals surface area contributed by atoms with Gasteiger partial charge in [-0.1, -0.05) is 24.3 Å². The van der Waals surface area contributed by atoms with E-state index >= 15 is 0 Å². The summed E-state index contributed by atoms with van der Waals surface area (Å²) in [5.41, 5.74) is 2.68. The SMILES string of the molecule is O=C(O)C(NCc1ccccc1C1CC1)C1CC1. The normalized spacial score (nSPS) is 20.7. The molecule has 0 aliphatic heterocycles. The van der Waals surface area contributed by atoms with Gasteiger partial charge in [-0.25, -0.2) is 0 Å². The van der Waals surface area contributed by atoms with E-state index in [-0.39, 0.29) is 6.04 Å². The van der Waals surface area contributed by atoms with E-state index < -0.39 is 5.97 Å². The fourth-order valence-corrected chi connectivity index (χ4v) is 2.59. The predicted octanol–water partition coefficient (Wildman–Crippen LogP) is 2.52. The first kappa shape index (κ1) is 11.7. The predicted molar refractivity (Wildman–Crippen MR) is 69.4 cm³/mol. The fraction of sp³-hybridized carbons (Fsp3) is 0.533. The molecule has 2 saturated carbocycles. The van der Waals surface area contributed by atoms with Crippen molar-refractivity contribution in [3.63, 3.8) is 0 Å². The topological polar surface area (TPSA) is 49.3 Å². The summed E-state index contributed by atoms with van der Waals surface area (Å²) < 4.78 is 0. The van der Waals surface area contributed by atoms with Crippen molar-refractivity contribution in [1.29, 1.82) is 0 Å². The summed E-state index contributed by atoms with van der Waals surface area (Å²) >= 11 is 0. The Kier molecular flexibility index (Phi) is 3.08. The van der Waals surface area contributed by atoms with Gasteiger partial charge in [-0.3, -0.25) is 4.79 Å². The number of benzene rings is 1. The van der Waals surface area contributed by atoms with Crippen LogP contribution in [-0.2, 0) is 11.3 Å². The average molecular weight is 245 g/mol. The van der Waals surface area contributed by atoms with Crippen LogP contribution in [0.1, 0.15) is 42.7 Å². The molecule has 0 amide bonds. The summed E-state index contributed by atoms with van der Waals surface area (Å²) in [6.07, 6.45) is 4.66. The lowest BCUT2D eigenvalue weighted by Gasteiger charge is -2.15. The van der Waals surface area contributed by atoms with Crippen LogP contribution in [-0.4, -0.2) is 17.1 Å². The molecule has 18 heavy (non-hydrogen) atoms. The minimum Gasteiger partial charge on any atom is -0.480 e. The van der Waals surface area contributed by atoms with Crippen LogP contribution in [0.15, 0.2) is 24.3 Å². The van der Waals surface area contributed by atoms with Gasteiger partial charge in [-0.2, -0.15) is 0 Å². The largest absolute Gasteiger partial charge is 0.480 e. The van der Waals surface area contributed by atoms with Crippen molar-refractivity contribution < 1.29 is 9.90 Å². The molecule has 2 fully saturated rings. The first-order valence-electron chi connectivity index (χ1n) is 6.79. The first-order valence-corrected chi connectivity index (χ1v) is 6.79. The van der Waals surface area contributed by atoms with Gasteiger partial charge in [0.25, 0.3) is 0 Å². The quantitative estimate of drug-likeness (QED) is 0.809. The summed E-state index contributed by atoms with van der Waals surface area (Å²) in [5, 5.41) is 12.4. The number of carbonyl (C=O) groups is 1. The van der Waals surface area contributed by atoms with Crippen LogP contribution < -0.4 is 5.32 Å². The highest BCUT2D eigenvalue weighted by Gasteiger charge is 2.36. The molecule has 1 aromatic carbocycles. The molecule has 2 aliphatic rings. The lowest BCUT2D eigenvalue weighted by atomic mass is 10.0. The van der Waals surface area contributed by atoms with E-state index in [1.807, 2.05) is 6.07 Å². The van der Waals surface area contributed by atoms with Gasteiger partial charge in [0.15, 0.2) is 0 Å².